The largest absolute Gasteiger partial charge is 0.508 e. The summed E-state index contributed by atoms with van der Waals surface area (Å²) in [5, 5.41) is 16.0. The van der Waals surface area contributed by atoms with Gasteiger partial charge in [-0.1, -0.05) is 23.4 Å². The van der Waals surface area contributed by atoms with Crippen LogP contribution in [0, 0.1) is 6.92 Å². The number of phenolic OH excluding ortho intramolecular Hbond substituents is 1. The van der Waals surface area contributed by atoms with E-state index >= 15 is 0 Å². The van der Waals surface area contributed by atoms with Gasteiger partial charge < -0.3 is 14.9 Å². The van der Waals surface area contributed by atoms with Crippen molar-refractivity contribution in [3.8, 4) is 5.75 Å². The van der Waals surface area contributed by atoms with Crippen LogP contribution in [-0.4, -0.2) is 16.2 Å². The predicted octanol–water partition coefficient (Wildman–Crippen LogP) is 1.55. The van der Waals surface area contributed by atoms with Crippen LogP contribution in [0.15, 0.2) is 34.9 Å². The Kier molecular flexibility index (Phi) is 3.62. The molecule has 2 N–H and O–H groups in total. The SMILES string of the molecule is Cc1cc(CNC(=O)Cc2ccccc2O)no1. The van der Waals surface area contributed by atoms with E-state index in [0.29, 0.717) is 23.6 Å². The van der Waals surface area contributed by atoms with Crippen LogP contribution in [0.3, 0.4) is 0 Å². The second-order valence-corrected chi connectivity index (χ2v) is 4.01. The maximum atomic E-state index is 11.7. The number of rotatable bonds is 4. The van der Waals surface area contributed by atoms with Gasteiger partial charge >= 0.3 is 0 Å². The van der Waals surface area contributed by atoms with Crippen molar-refractivity contribution in [1.82, 2.24) is 10.5 Å². The van der Waals surface area contributed by atoms with E-state index < -0.39 is 0 Å². The zero-order valence-electron chi connectivity index (χ0n) is 10.0. The van der Waals surface area contributed by atoms with Gasteiger partial charge in [-0.2, -0.15) is 0 Å². The molecule has 0 saturated heterocycles. The van der Waals surface area contributed by atoms with Crippen LogP contribution < -0.4 is 5.32 Å². The first kappa shape index (κ1) is 12.2. The minimum absolute atomic E-state index is 0.130. The molecule has 2 aromatic rings. The second-order valence-electron chi connectivity index (χ2n) is 4.01. The fourth-order valence-electron chi connectivity index (χ4n) is 1.59. The number of carbonyl (C=O) groups is 1. The number of carbonyl (C=O) groups excluding carboxylic acids is 1. The minimum atomic E-state index is -0.169. The van der Waals surface area contributed by atoms with Crippen LogP contribution in [-0.2, 0) is 17.8 Å². The second kappa shape index (κ2) is 5.35. The van der Waals surface area contributed by atoms with Crippen LogP contribution in [0.2, 0.25) is 0 Å². The Balaban J connectivity index is 1.88. The van der Waals surface area contributed by atoms with E-state index in [1.807, 2.05) is 0 Å². The molecule has 94 valence electrons. The van der Waals surface area contributed by atoms with Crippen molar-refractivity contribution in [2.75, 3.05) is 0 Å². The number of aromatic nitrogens is 1. The summed E-state index contributed by atoms with van der Waals surface area (Å²) in [5.41, 5.74) is 1.28. The maximum absolute atomic E-state index is 11.7. The Hall–Kier alpha value is -2.30. The molecule has 1 amide bonds. The molecule has 1 heterocycles. The summed E-state index contributed by atoms with van der Waals surface area (Å²) in [4.78, 5) is 11.7. The van der Waals surface area contributed by atoms with Gasteiger partial charge in [-0.25, -0.2) is 0 Å². The third kappa shape index (κ3) is 3.10. The van der Waals surface area contributed by atoms with Crippen molar-refractivity contribution < 1.29 is 14.4 Å². The van der Waals surface area contributed by atoms with Crippen LogP contribution in [0.5, 0.6) is 5.75 Å². The van der Waals surface area contributed by atoms with E-state index in [0.717, 1.165) is 0 Å². The summed E-state index contributed by atoms with van der Waals surface area (Å²) >= 11 is 0. The molecule has 5 nitrogen and oxygen atoms in total. The number of amides is 1. The number of phenols is 1. The molecule has 0 aliphatic heterocycles. The van der Waals surface area contributed by atoms with Gasteiger partial charge in [-0.3, -0.25) is 4.79 Å². The van der Waals surface area contributed by atoms with Crippen molar-refractivity contribution in [3.63, 3.8) is 0 Å². The quantitative estimate of drug-likeness (QED) is 0.858. The molecule has 0 aliphatic carbocycles. The van der Waals surface area contributed by atoms with Crippen molar-refractivity contribution in [2.45, 2.75) is 19.9 Å². The lowest BCUT2D eigenvalue weighted by atomic mass is 10.1. The van der Waals surface area contributed by atoms with E-state index in [1.165, 1.54) is 0 Å². The Morgan fingerprint density at radius 2 is 2.22 bits per heavy atom. The van der Waals surface area contributed by atoms with Gasteiger partial charge in [0.25, 0.3) is 0 Å². The highest BCUT2D eigenvalue weighted by atomic mass is 16.5. The van der Waals surface area contributed by atoms with Gasteiger partial charge in [0.05, 0.1) is 13.0 Å². The summed E-state index contributed by atoms with van der Waals surface area (Å²) in [6, 6.07) is 8.54. The molecule has 0 fully saturated rings. The van der Waals surface area contributed by atoms with Gasteiger partial charge in [-0.05, 0) is 13.0 Å². The van der Waals surface area contributed by atoms with Gasteiger partial charge in [-0.15, -0.1) is 0 Å². The van der Waals surface area contributed by atoms with E-state index in [4.69, 9.17) is 4.52 Å². The number of aromatic hydroxyl groups is 1. The fourth-order valence-corrected chi connectivity index (χ4v) is 1.59. The van der Waals surface area contributed by atoms with Crippen molar-refractivity contribution in [2.24, 2.45) is 0 Å². The van der Waals surface area contributed by atoms with E-state index in [2.05, 4.69) is 10.5 Å². The van der Waals surface area contributed by atoms with E-state index in [1.54, 1.807) is 37.3 Å². The molecule has 1 aromatic carbocycles. The number of hydrogen-bond donors (Lipinski definition) is 2. The minimum Gasteiger partial charge on any atom is -0.508 e. The van der Waals surface area contributed by atoms with E-state index in [9.17, 15) is 9.90 Å². The van der Waals surface area contributed by atoms with Crippen LogP contribution in [0.25, 0.3) is 0 Å². The summed E-state index contributed by atoms with van der Waals surface area (Å²) < 4.78 is 4.89. The average Bonchev–Trinajstić information content (AvgIpc) is 2.76. The Morgan fingerprint density at radius 1 is 1.44 bits per heavy atom. The molecular weight excluding hydrogens is 232 g/mol. The molecule has 1 aromatic heterocycles. The third-order valence-electron chi connectivity index (χ3n) is 2.49. The number of benzene rings is 1. The molecule has 0 bridgehead atoms. The Morgan fingerprint density at radius 3 is 2.89 bits per heavy atom. The smallest absolute Gasteiger partial charge is 0.224 e. The zero-order chi connectivity index (χ0) is 13.0. The van der Waals surface area contributed by atoms with Gasteiger partial charge in [0.2, 0.25) is 5.91 Å². The molecule has 0 atom stereocenters. The number of para-hydroxylation sites is 1. The van der Waals surface area contributed by atoms with Crippen molar-refractivity contribution in [3.05, 3.63) is 47.3 Å². The summed E-state index contributed by atoms with van der Waals surface area (Å²) in [6.45, 7) is 2.12. The van der Waals surface area contributed by atoms with Crippen molar-refractivity contribution in [1.29, 1.82) is 0 Å². The zero-order valence-corrected chi connectivity index (χ0v) is 10.0. The lowest BCUT2D eigenvalue weighted by Crippen LogP contribution is -2.24. The lowest BCUT2D eigenvalue weighted by Gasteiger charge is -2.04. The van der Waals surface area contributed by atoms with Gasteiger partial charge in [0, 0.05) is 11.6 Å². The molecule has 0 spiro atoms. The molecule has 18 heavy (non-hydrogen) atoms. The first-order chi connectivity index (χ1) is 8.65. The first-order valence-corrected chi connectivity index (χ1v) is 5.61. The topological polar surface area (TPSA) is 75.4 Å². The highest BCUT2D eigenvalue weighted by molar-refractivity contribution is 5.79. The molecular formula is C13H14N2O3. The van der Waals surface area contributed by atoms with Crippen LogP contribution in [0.4, 0.5) is 0 Å². The number of nitrogens with one attached hydrogen (secondary N) is 1. The molecule has 0 unspecified atom stereocenters. The Labute approximate surface area is 104 Å². The standard InChI is InChI=1S/C13H14N2O3/c1-9-6-11(15-18-9)8-14-13(17)7-10-4-2-3-5-12(10)16/h2-6,16H,7-8H2,1H3,(H,14,17). The monoisotopic (exact) mass is 246 g/mol. The Bertz CT molecular complexity index is 549. The maximum Gasteiger partial charge on any atom is 0.224 e. The molecule has 0 saturated carbocycles. The van der Waals surface area contributed by atoms with Gasteiger partial charge in [0.1, 0.15) is 17.2 Å². The number of aryl methyl sites for hydroxylation is 1. The molecule has 2 rings (SSSR count). The van der Waals surface area contributed by atoms with E-state index in [-0.39, 0.29) is 18.1 Å². The molecule has 0 radical (unpaired) electrons. The third-order valence-corrected chi connectivity index (χ3v) is 2.49. The summed E-state index contributed by atoms with van der Waals surface area (Å²) in [6.07, 6.45) is 0.142. The number of nitrogens with zero attached hydrogens (tertiary/aromatic N) is 1. The van der Waals surface area contributed by atoms with Crippen molar-refractivity contribution >= 4 is 5.91 Å². The molecule has 0 aliphatic rings. The fraction of sp³-hybridized carbons (Fsp3) is 0.231. The summed E-state index contributed by atoms with van der Waals surface area (Å²) in [7, 11) is 0. The lowest BCUT2D eigenvalue weighted by molar-refractivity contribution is -0.120. The highest BCUT2D eigenvalue weighted by Crippen LogP contribution is 2.15. The van der Waals surface area contributed by atoms with Gasteiger partial charge in [0.15, 0.2) is 0 Å². The van der Waals surface area contributed by atoms with Crippen LogP contribution >= 0.6 is 0 Å². The highest BCUT2D eigenvalue weighted by Gasteiger charge is 2.08. The predicted molar refractivity (Wildman–Crippen MR) is 64.9 cm³/mol. The van der Waals surface area contributed by atoms with Crippen LogP contribution in [0.1, 0.15) is 17.0 Å². The normalized spacial score (nSPS) is 10.3. The molecule has 5 heteroatoms. The average molecular weight is 246 g/mol. The first-order valence-electron chi connectivity index (χ1n) is 5.61. The summed E-state index contributed by atoms with van der Waals surface area (Å²) in [5.74, 6) is 0.669. The number of hydrogen-bond acceptors (Lipinski definition) is 4.